The van der Waals surface area contributed by atoms with E-state index in [1.807, 2.05) is 24.9 Å². The average molecular weight is 216 g/mol. The molecule has 1 aliphatic rings. The fourth-order valence-electron chi connectivity index (χ4n) is 2.53. The predicted molar refractivity (Wildman–Crippen MR) is 63.3 cm³/mol. The Morgan fingerprint density at radius 2 is 2.19 bits per heavy atom. The van der Waals surface area contributed by atoms with Gasteiger partial charge in [-0.2, -0.15) is 0 Å². The van der Waals surface area contributed by atoms with Gasteiger partial charge in [-0.25, -0.2) is 4.98 Å². The van der Waals surface area contributed by atoms with E-state index >= 15 is 0 Å². The number of imidazole rings is 1. The van der Waals surface area contributed by atoms with Crippen molar-refractivity contribution in [3.05, 3.63) is 30.1 Å². The third-order valence-corrected chi connectivity index (χ3v) is 3.89. The highest BCUT2D eigenvalue weighted by molar-refractivity contribution is 5.76. The number of aromatic nitrogens is 2. The van der Waals surface area contributed by atoms with E-state index in [1.165, 1.54) is 5.56 Å². The second kappa shape index (κ2) is 3.08. The van der Waals surface area contributed by atoms with Gasteiger partial charge in [-0.1, -0.05) is 6.07 Å². The summed E-state index contributed by atoms with van der Waals surface area (Å²) < 4.78 is 2.01. The van der Waals surface area contributed by atoms with Crippen LogP contribution in [-0.2, 0) is 12.5 Å². The van der Waals surface area contributed by atoms with Crippen molar-refractivity contribution < 1.29 is 5.11 Å². The molecule has 84 valence electrons. The van der Waals surface area contributed by atoms with Gasteiger partial charge < -0.3 is 9.67 Å². The Hall–Kier alpha value is -1.35. The Morgan fingerprint density at radius 3 is 2.81 bits per heavy atom. The van der Waals surface area contributed by atoms with Crippen molar-refractivity contribution >= 4 is 11.0 Å². The summed E-state index contributed by atoms with van der Waals surface area (Å²) in [5.74, 6) is 0. The first-order chi connectivity index (χ1) is 7.63. The number of hydrogen-bond donors (Lipinski definition) is 1. The number of rotatable bonds is 2. The molecule has 1 aliphatic carbocycles. The molecule has 0 saturated heterocycles. The van der Waals surface area contributed by atoms with Crippen molar-refractivity contribution in [2.45, 2.75) is 31.3 Å². The zero-order valence-electron chi connectivity index (χ0n) is 9.64. The van der Waals surface area contributed by atoms with Gasteiger partial charge in [-0.15, -0.1) is 0 Å². The molecule has 3 heteroatoms. The number of aryl methyl sites for hydroxylation is 1. The SMILES string of the molecule is CC(O)C1(c2ccc3c(c2)ncn3C)CC1. The van der Waals surface area contributed by atoms with E-state index in [0.717, 1.165) is 23.9 Å². The number of benzene rings is 1. The molecule has 1 N–H and O–H groups in total. The van der Waals surface area contributed by atoms with E-state index in [1.54, 1.807) is 0 Å². The van der Waals surface area contributed by atoms with E-state index in [-0.39, 0.29) is 11.5 Å². The lowest BCUT2D eigenvalue weighted by molar-refractivity contribution is 0.151. The summed E-state index contributed by atoms with van der Waals surface area (Å²) in [6.07, 6.45) is 3.73. The van der Waals surface area contributed by atoms with Gasteiger partial charge >= 0.3 is 0 Å². The van der Waals surface area contributed by atoms with Crippen LogP contribution in [0.2, 0.25) is 0 Å². The van der Waals surface area contributed by atoms with Gasteiger partial charge in [0.1, 0.15) is 0 Å². The third-order valence-electron chi connectivity index (χ3n) is 3.89. The summed E-state index contributed by atoms with van der Waals surface area (Å²) in [4.78, 5) is 4.36. The van der Waals surface area contributed by atoms with Crippen LogP contribution in [0.1, 0.15) is 25.3 Å². The number of fused-ring (bicyclic) bond motifs is 1. The van der Waals surface area contributed by atoms with Crippen molar-refractivity contribution in [3.63, 3.8) is 0 Å². The molecule has 1 unspecified atom stereocenters. The van der Waals surface area contributed by atoms with E-state index in [0.29, 0.717) is 0 Å². The molecule has 1 saturated carbocycles. The molecule has 0 radical (unpaired) electrons. The number of aliphatic hydroxyl groups is 1. The van der Waals surface area contributed by atoms with E-state index in [4.69, 9.17) is 0 Å². The first kappa shape index (κ1) is 9.85. The lowest BCUT2D eigenvalue weighted by atomic mass is 9.90. The standard InChI is InChI=1S/C13H16N2O/c1-9(16)13(5-6-13)10-3-4-12-11(7-10)14-8-15(12)2/h3-4,7-9,16H,5-6H2,1-2H3. The topological polar surface area (TPSA) is 38.1 Å². The third kappa shape index (κ3) is 1.21. The Balaban J connectivity index is 2.12. The molecular formula is C13H16N2O. The molecule has 0 bridgehead atoms. The van der Waals surface area contributed by atoms with Crippen LogP contribution in [0.3, 0.4) is 0 Å². The van der Waals surface area contributed by atoms with Crippen LogP contribution in [0.25, 0.3) is 11.0 Å². The second-order valence-electron chi connectivity index (χ2n) is 4.89. The predicted octanol–water partition coefficient (Wildman–Crippen LogP) is 1.99. The molecule has 3 nitrogen and oxygen atoms in total. The van der Waals surface area contributed by atoms with Crippen LogP contribution in [0, 0.1) is 0 Å². The van der Waals surface area contributed by atoms with Gasteiger partial charge in [0.15, 0.2) is 0 Å². The molecule has 1 atom stereocenters. The van der Waals surface area contributed by atoms with Crippen LogP contribution in [0.15, 0.2) is 24.5 Å². The van der Waals surface area contributed by atoms with Crippen molar-refractivity contribution in [1.29, 1.82) is 0 Å². The lowest BCUT2D eigenvalue weighted by Gasteiger charge is -2.18. The lowest BCUT2D eigenvalue weighted by Crippen LogP contribution is -2.22. The van der Waals surface area contributed by atoms with Gasteiger partial charge in [-0.3, -0.25) is 0 Å². The minimum Gasteiger partial charge on any atom is -0.392 e. The molecule has 1 aromatic heterocycles. The maximum absolute atomic E-state index is 9.85. The largest absolute Gasteiger partial charge is 0.392 e. The quantitative estimate of drug-likeness (QED) is 0.833. The highest BCUT2D eigenvalue weighted by Crippen LogP contribution is 2.51. The van der Waals surface area contributed by atoms with Crippen LogP contribution in [0.4, 0.5) is 0 Å². The highest BCUT2D eigenvalue weighted by atomic mass is 16.3. The fraction of sp³-hybridized carbons (Fsp3) is 0.462. The number of hydrogen-bond acceptors (Lipinski definition) is 2. The minimum atomic E-state index is -0.270. The molecule has 1 heterocycles. The first-order valence-corrected chi connectivity index (χ1v) is 5.73. The molecule has 16 heavy (non-hydrogen) atoms. The Kier molecular flexibility index (Phi) is 1.89. The summed E-state index contributed by atoms with van der Waals surface area (Å²) in [6.45, 7) is 1.88. The normalized spacial score (nSPS) is 19.9. The van der Waals surface area contributed by atoms with Crippen molar-refractivity contribution in [2.75, 3.05) is 0 Å². The first-order valence-electron chi connectivity index (χ1n) is 5.73. The summed E-state index contributed by atoms with van der Waals surface area (Å²) in [5, 5.41) is 9.85. The van der Waals surface area contributed by atoms with Crippen LogP contribution < -0.4 is 0 Å². The van der Waals surface area contributed by atoms with Crippen LogP contribution in [0.5, 0.6) is 0 Å². The monoisotopic (exact) mass is 216 g/mol. The minimum absolute atomic E-state index is 0.00567. The van der Waals surface area contributed by atoms with Crippen LogP contribution in [-0.4, -0.2) is 20.8 Å². The van der Waals surface area contributed by atoms with Crippen molar-refractivity contribution in [1.82, 2.24) is 9.55 Å². The molecule has 2 aromatic rings. The summed E-state index contributed by atoms with van der Waals surface area (Å²) in [5.41, 5.74) is 3.40. The summed E-state index contributed by atoms with van der Waals surface area (Å²) in [7, 11) is 2.00. The molecule has 1 fully saturated rings. The molecule has 1 aromatic carbocycles. The Bertz CT molecular complexity index is 538. The van der Waals surface area contributed by atoms with Crippen molar-refractivity contribution in [3.8, 4) is 0 Å². The van der Waals surface area contributed by atoms with Gasteiger partial charge in [-0.05, 0) is 37.5 Å². The molecule has 0 amide bonds. The maximum atomic E-state index is 9.85. The summed E-state index contributed by atoms with van der Waals surface area (Å²) in [6, 6.07) is 6.35. The second-order valence-corrected chi connectivity index (χ2v) is 4.89. The molecule has 0 aliphatic heterocycles. The highest BCUT2D eigenvalue weighted by Gasteiger charge is 2.48. The summed E-state index contributed by atoms with van der Waals surface area (Å²) >= 11 is 0. The van der Waals surface area contributed by atoms with Gasteiger partial charge in [0.05, 0.1) is 23.5 Å². The van der Waals surface area contributed by atoms with Gasteiger partial charge in [0, 0.05) is 12.5 Å². The zero-order valence-corrected chi connectivity index (χ0v) is 9.64. The number of nitrogens with zero attached hydrogens (tertiary/aromatic N) is 2. The van der Waals surface area contributed by atoms with Gasteiger partial charge in [0.2, 0.25) is 0 Å². The van der Waals surface area contributed by atoms with Crippen molar-refractivity contribution in [2.24, 2.45) is 7.05 Å². The average Bonchev–Trinajstić information content (AvgIpc) is 3.00. The Labute approximate surface area is 94.7 Å². The molecule has 0 spiro atoms. The smallest absolute Gasteiger partial charge is 0.0955 e. The van der Waals surface area contributed by atoms with Gasteiger partial charge in [0.25, 0.3) is 0 Å². The van der Waals surface area contributed by atoms with E-state index in [9.17, 15) is 5.11 Å². The Morgan fingerprint density at radius 1 is 1.44 bits per heavy atom. The van der Waals surface area contributed by atoms with Crippen LogP contribution >= 0.6 is 0 Å². The van der Waals surface area contributed by atoms with E-state index in [2.05, 4.69) is 23.2 Å². The maximum Gasteiger partial charge on any atom is 0.0955 e. The number of aliphatic hydroxyl groups excluding tert-OH is 1. The van der Waals surface area contributed by atoms with E-state index < -0.39 is 0 Å². The molecule has 3 rings (SSSR count). The molecular weight excluding hydrogens is 200 g/mol. The fourth-order valence-corrected chi connectivity index (χ4v) is 2.53. The zero-order chi connectivity index (χ0) is 11.3.